The first kappa shape index (κ1) is 18.6. The van der Waals surface area contributed by atoms with Gasteiger partial charge in [0.25, 0.3) is 0 Å². The molecule has 1 aromatic carbocycles. The minimum absolute atomic E-state index is 0.0664. The van der Waals surface area contributed by atoms with Gasteiger partial charge in [-0.1, -0.05) is 0 Å². The molecule has 0 atom stereocenters. The van der Waals surface area contributed by atoms with Gasteiger partial charge in [-0.2, -0.15) is 23.7 Å². The van der Waals surface area contributed by atoms with E-state index >= 15 is 0 Å². The fourth-order valence-corrected chi connectivity index (χ4v) is 2.44. The van der Waals surface area contributed by atoms with E-state index < -0.39 is 11.7 Å². The van der Waals surface area contributed by atoms with Gasteiger partial charge in [-0.15, -0.1) is 0 Å². The molecule has 1 fully saturated rings. The van der Waals surface area contributed by atoms with Gasteiger partial charge >= 0.3 is 6.18 Å². The van der Waals surface area contributed by atoms with Crippen LogP contribution < -0.4 is 10.1 Å². The molecule has 2 rings (SSSR count). The van der Waals surface area contributed by atoms with Crippen LogP contribution in [0.2, 0.25) is 0 Å². The van der Waals surface area contributed by atoms with Crippen molar-refractivity contribution < 1.29 is 17.9 Å². The number of allylic oxidation sites excluding steroid dienone is 1. The molecule has 1 aliphatic rings. The number of anilines is 1. The van der Waals surface area contributed by atoms with Crippen molar-refractivity contribution in [3.8, 4) is 17.9 Å². The summed E-state index contributed by atoms with van der Waals surface area (Å²) in [5.74, 6) is 0.258. The Balaban J connectivity index is 2.26. The zero-order chi connectivity index (χ0) is 18.4. The van der Waals surface area contributed by atoms with Gasteiger partial charge in [-0.05, 0) is 38.1 Å². The van der Waals surface area contributed by atoms with E-state index in [9.17, 15) is 13.2 Å². The molecule has 0 amide bonds. The lowest BCUT2D eigenvalue weighted by Crippen LogP contribution is -2.35. The summed E-state index contributed by atoms with van der Waals surface area (Å²) in [7, 11) is 2.00. The van der Waals surface area contributed by atoms with Gasteiger partial charge in [0.2, 0.25) is 0 Å². The van der Waals surface area contributed by atoms with E-state index in [-0.39, 0.29) is 23.1 Å². The number of rotatable bonds is 4. The maximum absolute atomic E-state index is 12.9. The van der Waals surface area contributed by atoms with Crippen LogP contribution in [0, 0.1) is 22.7 Å². The number of hydrogen-bond donors (Lipinski definition) is 1. The highest BCUT2D eigenvalue weighted by molar-refractivity contribution is 5.61. The minimum atomic E-state index is -4.50. The second-order valence-electron chi connectivity index (χ2n) is 5.76. The second kappa shape index (κ2) is 7.91. The summed E-state index contributed by atoms with van der Waals surface area (Å²) < 4.78 is 44.7. The molecule has 0 spiro atoms. The number of ether oxygens (including phenoxy) is 1. The van der Waals surface area contributed by atoms with Crippen LogP contribution in [0.25, 0.3) is 0 Å². The highest BCUT2D eigenvalue weighted by Gasteiger charge is 2.31. The third-order valence-electron chi connectivity index (χ3n) is 3.88. The van der Waals surface area contributed by atoms with Crippen molar-refractivity contribution in [2.75, 3.05) is 25.5 Å². The Morgan fingerprint density at radius 1 is 1.28 bits per heavy atom. The zero-order valence-corrected chi connectivity index (χ0v) is 13.6. The fourth-order valence-electron chi connectivity index (χ4n) is 2.44. The summed E-state index contributed by atoms with van der Waals surface area (Å²) in [5, 5.41) is 20.1. The SMILES string of the molecule is CN1CCC(Oc2ccc(C(F)(F)F)cc2NC=C(C#N)C#N)CC1. The first-order chi connectivity index (χ1) is 11.8. The quantitative estimate of drug-likeness (QED) is 0.841. The average molecular weight is 350 g/mol. The summed E-state index contributed by atoms with van der Waals surface area (Å²) in [6.07, 6.45) is -1.98. The predicted octanol–water partition coefficient (Wildman–Crippen LogP) is 3.52. The number of nitrogens with zero attached hydrogens (tertiary/aromatic N) is 3. The Hall–Kier alpha value is -2.71. The predicted molar refractivity (Wildman–Crippen MR) is 85.5 cm³/mol. The molecule has 1 aliphatic heterocycles. The maximum atomic E-state index is 12.9. The second-order valence-corrected chi connectivity index (χ2v) is 5.76. The van der Waals surface area contributed by atoms with Gasteiger partial charge in [0.15, 0.2) is 0 Å². The van der Waals surface area contributed by atoms with E-state index in [2.05, 4.69) is 10.2 Å². The summed E-state index contributed by atoms with van der Waals surface area (Å²) in [6, 6.07) is 6.41. The number of alkyl halides is 3. The van der Waals surface area contributed by atoms with Crippen LogP contribution in [0.1, 0.15) is 18.4 Å². The van der Waals surface area contributed by atoms with Crippen LogP contribution in [-0.2, 0) is 6.18 Å². The molecule has 132 valence electrons. The largest absolute Gasteiger partial charge is 0.488 e. The van der Waals surface area contributed by atoms with E-state index in [0.29, 0.717) is 0 Å². The van der Waals surface area contributed by atoms with Gasteiger partial charge in [-0.3, -0.25) is 0 Å². The van der Waals surface area contributed by atoms with Crippen LogP contribution in [0.3, 0.4) is 0 Å². The van der Waals surface area contributed by atoms with Crippen molar-refractivity contribution in [1.82, 2.24) is 4.90 Å². The molecule has 1 aromatic rings. The van der Waals surface area contributed by atoms with E-state index in [1.807, 2.05) is 7.05 Å². The number of benzene rings is 1. The fraction of sp³-hybridized carbons (Fsp3) is 0.412. The van der Waals surface area contributed by atoms with Gasteiger partial charge in [0.1, 0.15) is 29.6 Å². The van der Waals surface area contributed by atoms with E-state index in [0.717, 1.165) is 44.3 Å². The smallest absolute Gasteiger partial charge is 0.416 e. The molecule has 0 radical (unpaired) electrons. The highest BCUT2D eigenvalue weighted by atomic mass is 19.4. The Kier molecular flexibility index (Phi) is 5.89. The van der Waals surface area contributed by atoms with E-state index in [4.69, 9.17) is 15.3 Å². The first-order valence-corrected chi connectivity index (χ1v) is 7.67. The van der Waals surface area contributed by atoms with Crippen LogP contribution in [-0.4, -0.2) is 31.1 Å². The monoisotopic (exact) mass is 350 g/mol. The summed E-state index contributed by atoms with van der Waals surface area (Å²) in [6.45, 7) is 1.70. The lowest BCUT2D eigenvalue weighted by molar-refractivity contribution is -0.137. The van der Waals surface area contributed by atoms with E-state index in [1.165, 1.54) is 6.07 Å². The molecule has 1 heterocycles. The van der Waals surface area contributed by atoms with Crippen molar-refractivity contribution in [3.63, 3.8) is 0 Å². The van der Waals surface area contributed by atoms with Gasteiger partial charge in [0.05, 0.1) is 11.3 Å². The molecule has 0 bridgehead atoms. The Morgan fingerprint density at radius 2 is 1.92 bits per heavy atom. The molecule has 1 saturated heterocycles. The Morgan fingerprint density at radius 3 is 2.48 bits per heavy atom. The molecule has 1 N–H and O–H groups in total. The Labute approximate surface area is 143 Å². The molecule has 0 unspecified atom stereocenters. The van der Waals surface area contributed by atoms with Crippen LogP contribution in [0.5, 0.6) is 5.75 Å². The van der Waals surface area contributed by atoms with Crippen LogP contribution >= 0.6 is 0 Å². The molecular weight excluding hydrogens is 333 g/mol. The third kappa shape index (κ3) is 5.13. The van der Waals surface area contributed by atoms with Crippen LogP contribution in [0.15, 0.2) is 30.0 Å². The molecule has 0 aliphatic carbocycles. The zero-order valence-electron chi connectivity index (χ0n) is 13.6. The van der Waals surface area contributed by atoms with Crippen molar-refractivity contribution in [1.29, 1.82) is 10.5 Å². The summed E-state index contributed by atoms with van der Waals surface area (Å²) in [5.41, 5.74) is -1.02. The van der Waals surface area contributed by atoms with Crippen molar-refractivity contribution in [2.24, 2.45) is 0 Å². The summed E-state index contributed by atoms with van der Waals surface area (Å²) in [4.78, 5) is 2.15. The number of nitrogens with one attached hydrogen (secondary N) is 1. The highest BCUT2D eigenvalue weighted by Crippen LogP contribution is 2.36. The normalized spacial score (nSPS) is 15.8. The lowest BCUT2D eigenvalue weighted by Gasteiger charge is -2.30. The summed E-state index contributed by atoms with van der Waals surface area (Å²) >= 11 is 0. The number of likely N-dealkylation sites (tertiary alicyclic amines) is 1. The molecular formula is C17H17F3N4O. The standard InChI is InChI=1S/C17H17F3N4O/c1-24-6-4-14(5-7-24)25-16-3-2-13(17(18,19)20)8-15(16)23-11-12(9-21)10-22/h2-3,8,11,14,23H,4-7H2,1H3. The number of nitriles is 2. The minimum Gasteiger partial charge on any atom is -0.488 e. The van der Waals surface area contributed by atoms with Crippen molar-refractivity contribution in [2.45, 2.75) is 25.1 Å². The maximum Gasteiger partial charge on any atom is 0.416 e. The third-order valence-corrected chi connectivity index (χ3v) is 3.88. The first-order valence-electron chi connectivity index (χ1n) is 7.67. The van der Waals surface area contributed by atoms with Gasteiger partial charge in [-0.25, -0.2) is 0 Å². The topological polar surface area (TPSA) is 72.1 Å². The molecule has 8 heteroatoms. The van der Waals surface area contributed by atoms with Crippen molar-refractivity contribution >= 4 is 5.69 Å². The average Bonchev–Trinajstić information content (AvgIpc) is 2.58. The molecule has 25 heavy (non-hydrogen) atoms. The Bertz CT molecular complexity index is 707. The van der Waals surface area contributed by atoms with E-state index in [1.54, 1.807) is 12.1 Å². The van der Waals surface area contributed by atoms with Crippen molar-refractivity contribution in [3.05, 3.63) is 35.5 Å². The molecule has 5 nitrogen and oxygen atoms in total. The van der Waals surface area contributed by atoms with Crippen LogP contribution in [0.4, 0.5) is 18.9 Å². The number of halogens is 3. The van der Waals surface area contributed by atoms with Gasteiger partial charge in [0, 0.05) is 19.3 Å². The van der Waals surface area contributed by atoms with Gasteiger partial charge < -0.3 is 15.0 Å². The lowest BCUT2D eigenvalue weighted by atomic mass is 10.1. The number of piperidine rings is 1. The molecule has 0 aromatic heterocycles. The number of hydrogen-bond acceptors (Lipinski definition) is 5. The molecule has 0 saturated carbocycles.